The first kappa shape index (κ1) is 36.7. The first-order valence-electron chi connectivity index (χ1n) is 14.7. The number of carboxylic acids is 1. The Morgan fingerprint density at radius 2 is 1.22 bits per heavy atom. The molecule has 3 heterocycles. The summed E-state index contributed by atoms with van der Waals surface area (Å²) in [5.74, 6) is -6.99. The van der Waals surface area contributed by atoms with Crippen molar-refractivity contribution >= 4 is 22.9 Å². The molecular weight excluding hydrogens is 680 g/mol. The van der Waals surface area contributed by atoms with Gasteiger partial charge in [-0.25, -0.2) is 4.42 Å². The van der Waals surface area contributed by atoms with Crippen molar-refractivity contribution in [1.82, 2.24) is 0 Å². The minimum atomic E-state index is -1.95. The summed E-state index contributed by atoms with van der Waals surface area (Å²) in [5.41, 5.74) is -0.489. The molecule has 50 heavy (non-hydrogen) atoms. The fraction of sp³-hybridized carbons (Fsp3) is 0.433. The number of phenolic OH excluding ortho intramolecular Hbond substituents is 3. The van der Waals surface area contributed by atoms with E-state index >= 15 is 0 Å². The SMILES string of the molecule is O=C(O)CC(=O)Oc1cc(O[C@@H]2O[C@H](CO)[C@@H](O)[C@H](O)[C@H]2O)c2cc(O[C@@H]3O[C@H](CO)[C@@H](O)[C@H](O)[C@H]3O)c(-c3cc(O)c(O)c(O)c3)[o+]c2c1. The topological polar surface area (TPSA) is 334 Å². The van der Waals surface area contributed by atoms with E-state index in [1.165, 1.54) is 0 Å². The fourth-order valence-corrected chi connectivity index (χ4v) is 5.21. The third kappa shape index (κ3) is 7.29. The van der Waals surface area contributed by atoms with Crippen LogP contribution in [-0.2, 0) is 19.1 Å². The fourth-order valence-electron chi connectivity index (χ4n) is 5.21. The van der Waals surface area contributed by atoms with Gasteiger partial charge < -0.3 is 85.0 Å². The summed E-state index contributed by atoms with van der Waals surface area (Å²) in [6, 6.07) is 5.04. The maximum atomic E-state index is 12.3. The van der Waals surface area contributed by atoms with E-state index in [1.54, 1.807) is 0 Å². The number of hydrogen-bond acceptors (Lipinski definition) is 18. The second kappa shape index (κ2) is 14.7. The Hall–Kier alpha value is -4.61. The second-order valence-corrected chi connectivity index (χ2v) is 11.3. The number of rotatable bonds is 10. The molecule has 0 saturated carbocycles. The lowest BCUT2D eigenvalue weighted by Crippen LogP contribution is -2.60. The van der Waals surface area contributed by atoms with Crippen molar-refractivity contribution in [3.8, 4) is 45.8 Å². The van der Waals surface area contributed by atoms with Gasteiger partial charge in [-0.15, -0.1) is 0 Å². The maximum absolute atomic E-state index is 12.3. The number of aliphatic carboxylic acids is 1. The molecule has 2 aliphatic rings. The van der Waals surface area contributed by atoms with Gasteiger partial charge in [0.25, 0.3) is 0 Å². The van der Waals surface area contributed by atoms with Crippen molar-refractivity contribution in [2.24, 2.45) is 0 Å². The first-order valence-corrected chi connectivity index (χ1v) is 14.7. The maximum Gasteiger partial charge on any atom is 0.402 e. The molecule has 20 nitrogen and oxygen atoms in total. The van der Waals surface area contributed by atoms with Crippen molar-refractivity contribution in [1.29, 1.82) is 0 Å². The Bertz CT molecular complexity index is 1700. The van der Waals surface area contributed by atoms with E-state index < -0.39 is 133 Å². The Kier molecular flexibility index (Phi) is 10.8. The molecule has 2 fully saturated rings. The summed E-state index contributed by atoms with van der Waals surface area (Å²) in [4.78, 5) is 23.3. The zero-order valence-electron chi connectivity index (χ0n) is 25.4. The molecular formula is C30H33O20+. The number of fused-ring (bicyclic) bond motifs is 1. The molecule has 0 spiro atoms. The Morgan fingerprint density at radius 1 is 0.700 bits per heavy atom. The molecule has 2 aromatic carbocycles. The molecule has 272 valence electrons. The number of aromatic hydroxyl groups is 3. The zero-order chi connectivity index (χ0) is 36.6. The van der Waals surface area contributed by atoms with E-state index in [1.807, 2.05) is 0 Å². The highest BCUT2D eigenvalue weighted by atomic mass is 16.7. The molecule has 0 unspecified atom stereocenters. The second-order valence-electron chi connectivity index (χ2n) is 11.3. The molecule has 1 aromatic heterocycles. The van der Waals surface area contributed by atoms with Gasteiger partial charge in [-0.05, 0) is 0 Å². The highest BCUT2D eigenvalue weighted by molar-refractivity contribution is 5.93. The van der Waals surface area contributed by atoms with Gasteiger partial charge in [0, 0.05) is 24.3 Å². The lowest BCUT2D eigenvalue weighted by atomic mass is 9.99. The lowest BCUT2D eigenvalue weighted by Gasteiger charge is -2.39. The van der Waals surface area contributed by atoms with Crippen LogP contribution in [0.1, 0.15) is 6.42 Å². The van der Waals surface area contributed by atoms with Crippen LogP contribution in [0.3, 0.4) is 0 Å². The van der Waals surface area contributed by atoms with Gasteiger partial charge >= 0.3 is 23.3 Å². The van der Waals surface area contributed by atoms with Crippen LogP contribution in [0.5, 0.6) is 34.5 Å². The van der Waals surface area contributed by atoms with E-state index in [0.717, 1.165) is 30.3 Å². The number of esters is 1. The smallest absolute Gasteiger partial charge is 0.402 e. The van der Waals surface area contributed by atoms with Gasteiger partial charge in [-0.2, -0.15) is 0 Å². The van der Waals surface area contributed by atoms with Crippen LogP contribution in [0.25, 0.3) is 22.3 Å². The monoisotopic (exact) mass is 713 g/mol. The molecule has 20 heteroatoms. The summed E-state index contributed by atoms with van der Waals surface area (Å²) in [5, 5.41) is 121. The number of aliphatic hydroxyl groups is 8. The third-order valence-corrected chi connectivity index (χ3v) is 7.83. The minimum Gasteiger partial charge on any atom is -0.504 e. The average Bonchev–Trinajstić information content (AvgIpc) is 3.06. The summed E-state index contributed by atoms with van der Waals surface area (Å²) in [6.45, 7) is -1.64. The third-order valence-electron chi connectivity index (χ3n) is 7.83. The molecule has 10 atom stereocenters. The van der Waals surface area contributed by atoms with Crippen LogP contribution in [0.15, 0.2) is 34.7 Å². The van der Waals surface area contributed by atoms with Crippen LogP contribution in [0.4, 0.5) is 0 Å². The largest absolute Gasteiger partial charge is 0.504 e. The van der Waals surface area contributed by atoms with Crippen LogP contribution in [-0.4, -0.2) is 148 Å². The Balaban J connectivity index is 1.69. The predicted molar refractivity (Wildman–Crippen MR) is 158 cm³/mol. The number of carbonyl (C=O) groups is 2. The van der Waals surface area contributed by atoms with Gasteiger partial charge in [-0.3, -0.25) is 9.59 Å². The molecule has 3 aromatic rings. The quantitative estimate of drug-likeness (QED) is 0.0333. The molecule has 12 N–H and O–H groups in total. The van der Waals surface area contributed by atoms with Crippen LogP contribution in [0.2, 0.25) is 0 Å². The highest BCUT2D eigenvalue weighted by Crippen LogP contribution is 2.45. The molecule has 0 amide bonds. The van der Waals surface area contributed by atoms with E-state index in [-0.39, 0.29) is 16.5 Å². The van der Waals surface area contributed by atoms with Crippen LogP contribution < -0.4 is 14.2 Å². The van der Waals surface area contributed by atoms with Gasteiger partial charge in [0.2, 0.25) is 18.3 Å². The number of carboxylic acid groups (broad SMARTS) is 1. The van der Waals surface area contributed by atoms with Crippen molar-refractivity contribution in [2.75, 3.05) is 13.2 Å². The normalized spacial score (nSPS) is 29.8. The average molecular weight is 714 g/mol. The van der Waals surface area contributed by atoms with Crippen molar-refractivity contribution in [3.63, 3.8) is 0 Å². The molecule has 0 radical (unpaired) electrons. The number of phenols is 3. The predicted octanol–water partition coefficient (Wildman–Crippen LogP) is -2.76. The molecule has 0 bridgehead atoms. The number of carbonyl (C=O) groups excluding carboxylic acids is 1. The van der Waals surface area contributed by atoms with Crippen molar-refractivity contribution < 1.29 is 99.0 Å². The van der Waals surface area contributed by atoms with Crippen LogP contribution in [0, 0.1) is 0 Å². The molecule has 0 aliphatic carbocycles. The lowest BCUT2D eigenvalue weighted by molar-refractivity contribution is -0.277. The Morgan fingerprint density at radius 3 is 1.72 bits per heavy atom. The zero-order valence-corrected chi connectivity index (χ0v) is 25.4. The van der Waals surface area contributed by atoms with Gasteiger partial charge in [0.15, 0.2) is 17.2 Å². The van der Waals surface area contributed by atoms with E-state index in [4.69, 9.17) is 33.2 Å². The molecule has 2 saturated heterocycles. The summed E-state index contributed by atoms with van der Waals surface area (Å²) >= 11 is 0. The number of aliphatic hydroxyl groups excluding tert-OH is 8. The highest BCUT2D eigenvalue weighted by Gasteiger charge is 2.47. The van der Waals surface area contributed by atoms with Gasteiger partial charge in [0.1, 0.15) is 72.1 Å². The summed E-state index contributed by atoms with van der Waals surface area (Å²) < 4.78 is 33.6. The first-order chi connectivity index (χ1) is 23.6. The van der Waals surface area contributed by atoms with Gasteiger partial charge in [-0.1, -0.05) is 0 Å². The standard InChI is InChI=1S/C30H32O20/c31-7-17-22(39)24(41)26(43)29(49-17)47-15-4-10(45-20(37)6-19(35)36)3-14-11(15)5-16(28(46-14)9-1-12(33)21(38)13(34)2-9)48-30-27(44)25(42)23(40)18(8-32)50-30/h1-5,17-18,22-27,29-32,39-44H,6-8H2,(H3-,33,34,35,36,38)/p+1/t17-,18-,22-,23-,24+,25+,26-,27-,29-,30-/m1/s1. The van der Waals surface area contributed by atoms with Crippen molar-refractivity contribution in [2.45, 2.75) is 67.8 Å². The van der Waals surface area contributed by atoms with E-state index in [0.29, 0.717) is 0 Å². The number of benzene rings is 2. The van der Waals surface area contributed by atoms with Gasteiger partial charge in [0.05, 0.1) is 24.8 Å². The van der Waals surface area contributed by atoms with E-state index in [2.05, 4.69) is 0 Å². The molecule has 5 rings (SSSR count). The molecule has 2 aliphatic heterocycles. The van der Waals surface area contributed by atoms with E-state index in [9.17, 15) is 65.8 Å². The minimum absolute atomic E-state index is 0.143. The Labute approximate surface area is 279 Å². The number of hydrogen-bond donors (Lipinski definition) is 12. The summed E-state index contributed by atoms with van der Waals surface area (Å²) in [7, 11) is 0. The summed E-state index contributed by atoms with van der Waals surface area (Å²) in [6.07, 6.45) is -18.7. The van der Waals surface area contributed by atoms with Crippen molar-refractivity contribution in [3.05, 3.63) is 30.3 Å². The number of ether oxygens (including phenoxy) is 5. The van der Waals surface area contributed by atoms with Crippen LogP contribution >= 0.6 is 0 Å².